The number of nitrogens with two attached hydrogens (primary N) is 1. The molecule has 0 aliphatic heterocycles. The van der Waals surface area contributed by atoms with Crippen molar-refractivity contribution in [1.82, 2.24) is 4.98 Å². The summed E-state index contributed by atoms with van der Waals surface area (Å²) in [6.45, 7) is 4.08. The van der Waals surface area contributed by atoms with Crippen LogP contribution in [-0.2, 0) is 4.79 Å². The SMILES string of the molecule is CC(C)C[C@H](N)C(=O)Nc1ccc(Nc2ccccc2)nc1. The van der Waals surface area contributed by atoms with Gasteiger partial charge in [-0.05, 0) is 36.6 Å². The standard InChI is InChI=1S/C17H22N4O/c1-12(2)10-15(18)17(22)21-14-8-9-16(19-11-14)20-13-6-4-3-5-7-13/h3-9,11-12,15H,10,18H2,1-2H3,(H,19,20)(H,21,22)/t15-/m0/s1. The Balaban J connectivity index is 1.93. The van der Waals surface area contributed by atoms with Crippen LogP contribution < -0.4 is 16.4 Å². The summed E-state index contributed by atoms with van der Waals surface area (Å²) < 4.78 is 0. The summed E-state index contributed by atoms with van der Waals surface area (Å²) in [4.78, 5) is 16.2. The van der Waals surface area contributed by atoms with Gasteiger partial charge >= 0.3 is 0 Å². The van der Waals surface area contributed by atoms with Crippen LogP contribution in [0.1, 0.15) is 20.3 Å². The number of amides is 1. The second-order valence-electron chi connectivity index (χ2n) is 5.65. The molecule has 0 bridgehead atoms. The maximum absolute atomic E-state index is 11.9. The minimum Gasteiger partial charge on any atom is -0.340 e. The van der Waals surface area contributed by atoms with Crippen LogP contribution in [0.15, 0.2) is 48.7 Å². The Kier molecular flexibility index (Phi) is 5.49. The van der Waals surface area contributed by atoms with Crippen molar-refractivity contribution in [3.8, 4) is 0 Å². The third kappa shape index (κ3) is 4.86. The van der Waals surface area contributed by atoms with Crippen LogP contribution in [0.4, 0.5) is 17.2 Å². The number of anilines is 3. The first-order chi connectivity index (χ1) is 10.5. The van der Waals surface area contributed by atoms with E-state index in [1.807, 2.05) is 50.2 Å². The molecule has 1 amide bonds. The minimum atomic E-state index is -0.498. The van der Waals surface area contributed by atoms with Crippen LogP contribution >= 0.6 is 0 Å². The molecule has 1 heterocycles. The zero-order chi connectivity index (χ0) is 15.9. The van der Waals surface area contributed by atoms with Gasteiger partial charge in [0, 0.05) is 5.69 Å². The van der Waals surface area contributed by atoms with Crippen molar-refractivity contribution >= 4 is 23.1 Å². The van der Waals surface area contributed by atoms with Crippen LogP contribution in [0.25, 0.3) is 0 Å². The molecule has 116 valence electrons. The van der Waals surface area contributed by atoms with E-state index < -0.39 is 6.04 Å². The van der Waals surface area contributed by atoms with Crippen molar-refractivity contribution in [3.63, 3.8) is 0 Å². The summed E-state index contributed by atoms with van der Waals surface area (Å²) in [6.07, 6.45) is 2.28. The van der Waals surface area contributed by atoms with E-state index >= 15 is 0 Å². The molecule has 5 heteroatoms. The summed E-state index contributed by atoms with van der Waals surface area (Å²) >= 11 is 0. The molecular weight excluding hydrogens is 276 g/mol. The molecule has 0 fully saturated rings. The molecule has 1 atom stereocenters. The number of carbonyl (C=O) groups excluding carboxylic acids is 1. The molecule has 0 saturated heterocycles. The fourth-order valence-corrected chi connectivity index (χ4v) is 2.06. The van der Waals surface area contributed by atoms with Crippen LogP contribution in [0.2, 0.25) is 0 Å². The molecule has 4 N–H and O–H groups in total. The lowest BCUT2D eigenvalue weighted by Crippen LogP contribution is -2.36. The predicted molar refractivity (Wildman–Crippen MR) is 90.0 cm³/mol. The Labute approximate surface area is 130 Å². The molecule has 2 aromatic rings. The molecule has 0 saturated carbocycles. The van der Waals surface area contributed by atoms with Crippen LogP contribution in [0.5, 0.6) is 0 Å². The van der Waals surface area contributed by atoms with Crippen molar-refractivity contribution in [3.05, 3.63) is 48.7 Å². The molecule has 0 aliphatic rings. The number of pyridine rings is 1. The fourth-order valence-electron chi connectivity index (χ4n) is 2.06. The molecule has 5 nitrogen and oxygen atoms in total. The first kappa shape index (κ1) is 16.0. The highest BCUT2D eigenvalue weighted by Gasteiger charge is 2.15. The van der Waals surface area contributed by atoms with Crippen LogP contribution in [0, 0.1) is 5.92 Å². The van der Waals surface area contributed by atoms with E-state index in [1.54, 1.807) is 12.3 Å². The van der Waals surface area contributed by atoms with Crippen molar-refractivity contribution in [1.29, 1.82) is 0 Å². The smallest absolute Gasteiger partial charge is 0.241 e. The number of hydrogen-bond donors (Lipinski definition) is 3. The molecule has 0 aliphatic carbocycles. The van der Waals surface area contributed by atoms with Gasteiger partial charge in [0.15, 0.2) is 0 Å². The molecule has 1 aromatic heterocycles. The number of nitrogens with zero attached hydrogens (tertiary/aromatic N) is 1. The second kappa shape index (κ2) is 7.56. The summed E-state index contributed by atoms with van der Waals surface area (Å²) in [5.74, 6) is 0.922. The van der Waals surface area contributed by atoms with E-state index in [0.29, 0.717) is 18.0 Å². The number of nitrogens with one attached hydrogen (secondary N) is 2. The Bertz CT molecular complexity index is 596. The highest BCUT2D eigenvalue weighted by molar-refractivity contribution is 5.94. The highest BCUT2D eigenvalue weighted by atomic mass is 16.2. The van der Waals surface area contributed by atoms with E-state index in [1.165, 1.54) is 0 Å². The fraction of sp³-hybridized carbons (Fsp3) is 0.294. The summed E-state index contributed by atoms with van der Waals surface area (Å²) in [7, 11) is 0. The monoisotopic (exact) mass is 298 g/mol. The average molecular weight is 298 g/mol. The van der Waals surface area contributed by atoms with E-state index in [2.05, 4.69) is 15.6 Å². The normalized spacial score (nSPS) is 12.0. The van der Waals surface area contributed by atoms with E-state index in [4.69, 9.17) is 5.73 Å². The van der Waals surface area contributed by atoms with Gasteiger partial charge in [0.1, 0.15) is 5.82 Å². The number of hydrogen-bond acceptors (Lipinski definition) is 4. The number of para-hydroxylation sites is 1. The summed E-state index contributed by atoms with van der Waals surface area (Å²) in [6, 6.07) is 12.9. The van der Waals surface area contributed by atoms with Gasteiger partial charge in [-0.1, -0.05) is 32.0 Å². The highest BCUT2D eigenvalue weighted by Crippen LogP contribution is 2.16. The van der Waals surface area contributed by atoms with E-state index in [-0.39, 0.29) is 5.91 Å². The molecule has 22 heavy (non-hydrogen) atoms. The van der Waals surface area contributed by atoms with Gasteiger partial charge < -0.3 is 16.4 Å². The van der Waals surface area contributed by atoms with Gasteiger partial charge in [-0.3, -0.25) is 4.79 Å². The van der Waals surface area contributed by atoms with Crippen molar-refractivity contribution in [2.24, 2.45) is 11.7 Å². The van der Waals surface area contributed by atoms with Gasteiger partial charge in [0.25, 0.3) is 0 Å². The maximum Gasteiger partial charge on any atom is 0.241 e. The molecule has 2 rings (SSSR count). The Hall–Kier alpha value is -2.40. The molecule has 1 aromatic carbocycles. The van der Waals surface area contributed by atoms with Gasteiger partial charge in [-0.2, -0.15) is 0 Å². The number of rotatable bonds is 6. The van der Waals surface area contributed by atoms with Gasteiger partial charge in [-0.25, -0.2) is 4.98 Å². The minimum absolute atomic E-state index is 0.181. The van der Waals surface area contributed by atoms with E-state index in [9.17, 15) is 4.79 Å². The topological polar surface area (TPSA) is 80.0 Å². The zero-order valence-electron chi connectivity index (χ0n) is 12.9. The Morgan fingerprint density at radius 1 is 1.14 bits per heavy atom. The third-order valence-corrected chi connectivity index (χ3v) is 3.14. The van der Waals surface area contributed by atoms with Crippen LogP contribution in [-0.4, -0.2) is 16.9 Å². The van der Waals surface area contributed by atoms with Gasteiger partial charge in [0.05, 0.1) is 17.9 Å². The maximum atomic E-state index is 11.9. The second-order valence-corrected chi connectivity index (χ2v) is 5.65. The lowest BCUT2D eigenvalue weighted by Gasteiger charge is -2.14. The molecule has 0 unspecified atom stereocenters. The Morgan fingerprint density at radius 2 is 1.86 bits per heavy atom. The largest absolute Gasteiger partial charge is 0.340 e. The molecule has 0 radical (unpaired) electrons. The third-order valence-electron chi connectivity index (χ3n) is 3.14. The first-order valence-electron chi connectivity index (χ1n) is 7.39. The summed E-state index contributed by atoms with van der Waals surface area (Å²) in [5, 5.41) is 5.97. The predicted octanol–water partition coefficient (Wildman–Crippen LogP) is 3.14. The van der Waals surface area contributed by atoms with Crippen LogP contribution in [0.3, 0.4) is 0 Å². The lowest BCUT2D eigenvalue weighted by atomic mass is 10.0. The molecule has 0 spiro atoms. The first-order valence-corrected chi connectivity index (χ1v) is 7.39. The lowest BCUT2D eigenvalue weighted by molar-refractivity contribution is -0.117. The quantitative estimate of drug-likeness (QED) is 0.765. The average Bonchev–Trinajstić information content (AvgIpc) is 2.49. The van der Waals surface area contributed by atoms with Crippen molar-refractivity contribution in [2.75, 3.05) is 10.6 Å². The van der Waals surface area contributed by atoms with Crippen molar-refractivity contribution in [2.45, 2.75) is 26.3 Å². The van der Waals surface area contributed by atoms with Crippen molar-refractivity contribution < 1.29 is 4.79 Å². The Morgan fingerprint density at radius 3 is 2.45 bits per heavy atom. The number of aromatic nitrogens is 1. The number of benzene rings is 1. The van der Waals surface area contributed by atoms with Gasteiger partial charge in [0.2, 0.25) is 5.91 Å². The zero-order valence-corrected chi connectivity index (χ0v) is 12.9. The molecular formula is C17H22N4O. The van der Waals surface area contributed by atoms with Gasteiger partial charge in [-0.15, -0.1) is 0 Å². The number of carbonyl (C=O) groups is 1. The summed E-state index contributed by atoms with van der Waals surface area (Å²) in [5.41, 5.74) is 7.46. The van der Waals surface area contributed by atoms with E-state index in [0.717, 1.165) is 11.5 Å².